The highest BCUT2D eigenvalue weighted by molar-refractivity contribution is 6.13. The van der Waals surface area contributed by atoms with Crippen molar-refractivity contribution in [2.24, 2.45) is 0 Å². The number of hydrogen-bond donors (Lipinski definition) is 0. The van der Waals surface area contributed by atoms with Crippen LogP contribution in [0, 0.1) is 0 Å². The van der Waals surface area contributed by atoms with E-state index in [1.165, 1.54) is 77.4 Å². The minimum Gasteiger partial charge on any atom is -0.309 e. The number of fused-ring (bicyclic) bond motifs is 10. The molecule has 0 N–H and O–H groups in total. The summed E-state index contributed by atoms with van der Waals surface area (Å²) in [5, 5.41) is 2.47. The largest absolute Gasteiger partial charge is 0.309 e. The van der Waals surface area contributed by atoms with Gasteiger partial charge in [0.1, 0.15) is 0 Å². The van der Waals surface area contributed by atoms with E-state index in [0.29, 0.717) is 0 Å². The molecule has 2 aliphatic rings. The van der Waals surface area contributed by atoms with Crippen molar-refractivity contribution in [2.45, 2.75) is 11.8 Å². The summed E-state index contributed by atoms with van der Waals surface area (Å²) in [6.45, 7) is 4.77. The lowest BCUT2D eigenvalue weighted by molar-refractivity contribution is 0.643. The van der Waals surface area contributed by atoms with Crippen LogP contribution in [0.5, 0.6) is 0 Å². The molecule has 0 bridgehead atoms. The molecule has 7 aromatic carbocycles. The van der Waals surface area contributed by atoms with Gasteiger partial charge in [0.2, 0.25) is 0 Å². The van der Waals surface area contributed by atoms with Gasteiger partial charge in [-0.3, -0.25) is 0 Å². The van der Waals surface area contributed by atoms with Crippen LogP contribution in [0.15, 0.2) is 195 Å². The molecule has 0 saturated heterocycles. The van der Waals surface area contributed by atoms with E-state index in [0.717, 1.165) is 17.7 Å². The maximum Gasteiger partial charge on any atom is 0.0541 e. The van der Waals surface area contributed by atoms with Crippen molar-refractivity contribution < 1.29 is 0 Å². The Morgan fingerprint density at radius 3 is 1.43 bits per heavy atom. The van der Waals surface area contributed by atoms with Crippen LogP contribution in [-0.2, 0) is 5.41 Å². The average molecular weight is 650 g/mol. The molecular formula is C50H35N. The molecule has 1 nitrogen and oxygen atoms in total. The number of allylic oxidation sites excluding steroid dienone is 5. The summed E-state index contributed by atoms with van der Waals surface area (Å²) >= 11 is 0. The van der Waals surface area contributed by atoms with Gasteiger partial charge in [0.05, 0.1) is 16.4 Å². The molecule has 0 saturated carbocycles. The van der Waals surface area contributed by atoms with E-state index in [4.69, 9.17) is 6.58 Å². The molecule has 0 aliphatic heterocycles. The third-order valence-corrected chi connectivity index (χ3v) is 11.1. The molecule has 1 aromatic heterocycles. The van der Waals surface area contributed by atoms with Crippen LogP contribution >= 0.6 is 0 Å². The van der Waals surface area contributed by atoms with Gasteiger partial charge >= 0.3 is 0 Å². The van der Waals surface area contributed by atoms with Crippen molar-refractivity contribution in [3.63, 3.8) is 0 Å². The van der Waals surface area contributed by atoms with Crippen LogP contribution in [0.1, 0.15) is 28.7 Å². The van der Waals surface area contributed by atoms with Crippen molar-refractivity contribution in [1.29, 1.82) is 0 Å². The standard InChI is InChI=1S/C50H35N/c1-34-31-39(19-14-30-50(45-23-11-8-20-40(34)45)46-24-12-9-21-41(46)42-22-10-13-25-47(42)50)51-48-28-26-37(35-15-4-2-5-16-35)32-43(48)44-33-38(27-29-49(44)51)36-17-6-3-7-18-36/h2-29,31-33H,1,30H2/b19-14-,39-31+. The molecule has 0 amide bonds. The molecule has 1 heteroatoms. The van der Waals surface area contributed by atoms with Crippen LogP contribution in [0.25, 0.3) is 66.5 Å². The maximum absolute atomic E-state index is 4.77. The topological polar surface area (TPSA) is 4.93 Å². The number of aromatic nitrogens is 1. The average Bonchev–Trinajstić information content (AvgIpc) is 3.69. The van der Waals surface area contributed by atoms with E-state index in [1.807, 2.05) is 0 Å². The Morgan fingerprint density at radius 2 is 0.902 bits per heavy atom. The van der Waals surface area contributed by atoms with E-state index in [1.54, 1.807) is 0 Å². The number of nitrogens with zero attached hydrogens (tertiary/aromatic N) is 1. The summed E-state index contributed by atoms with van der Waals surface area (Å²) in [7, 11) is 0. The van der Waals surface area contributed by atoms with Gasteiger partial charge in [-0.15, -0.1) is 0 Å². The molecule has 1 heterocycles. The highest BCUT2D eigenvalue weighted by atomic mass is 15.0. The number of hydrogen-bond acceptors (Lipinski definition) is 0. The van der Waals surface area contributed by atoms with Crippen molar-refractivity contribution in [3.8, 4) is 33.4 Å². The van der Waals surface area contributed by atoms with Gasteiger partial charge < -0.3 is 4.57 Å². The minimum atomic E-state index is -0.331. The van der Waals surface area contributed by atoms with Crippen LogP contribution in [0.2, 0.25) is 0 Å². The van der Waals surface area contributed by atoms with Crippen LogP contribution in [0.3, 0.4) is 0 Å². The zero-order valence-corrected chi connectivity index (χ0v) is 28.3. The highest BCUT2D eigenvalue weighted by Crippen LogP contribution is 2.56. The first-order valence-electron chi connectivity index (χ1n) is 17.8. The predicted octanol–water partition coefficient (Wildman–Crippen LogP) is 13.0. The molecule has 0 atom stereocenters. The third-order valence-electron chi connectivity index (χ3n) is 11.1. The first-order valence-corrected chi connectivity index (χ1v) is 17.8. The summed E-state index contributed by atoms with van der Waals surface area (Å²) < 4.78 is 2.44. The highest BCUT2D eigenvalue weighted by Gasteiger charge is 2.45. The van der Waals surface area contributed by atoms with Crippen molar-refractivity contribution >= 4 is 33.1 Å². The van der Waals surface area contributed by atoms with Gasteiger partial charge in [-0.2, -0.15) is 0 Å². The van der Waals surface area contributed by atoms with Crippen LogP contribution in [0.4, 0.5) is 0 Å². The summed E-state index contributed by atoms with van der Waals surface area (Å²) in [4.78, 5) is 0. The van der Waals surface area contributed by atoms with E-state index >= 15 is 0 Å². The minimum absolute atomic E-state index is 0.331. The Hall–Kier alpha value is -6.44. The first-order chi connectivity index (χ1) is 25.2. The lowest BCUT2D eigenvalue weighted by Crippen LogP contribution is -2.27. The molecule has 0 fully saturated rings. The summed E-state index contributed by atoms with van der Waals surface area (Å²) in [6.07, 6.45) is 7.85. The van der Waals surface area contributed by atoms with Crippen molar-refractivity contribution in [2.75, 3.05) is 0 Å². The second-order valence-electron chi connectivity index (χ2n) is 13.8. The molecule has 0 unspecified atom stereocenters. The predicted molar refractivity (Wildman–Crippen MR) is 216 cm³/mol. The van der Waals surface area contributed by atoms with E-state index < -0.39 is 0 Å². The van der Waals surface area contributed by atoms with Crippen molar-refractivity contribution in [1.82, 2.24) is 4.57 Å². The normalized spacial score (nSPS) is 16.1. The zero-order chi connectivity index (χ0) is 33.9. The Labute approximate surface area is 298 Å². The van der Waals surface area contributed by atoms with Crippen LogP contribution in [-0.4, -0.2) is 4.57 Å². The lowest BCUT2D eigenvalue weighted by Gasteiger charge is -2.34. The molecule has 0 radical (unpaired) electrons. The van der Waals surface area contributed by atoms with E-state index in [2.05, 4.69) is 193 Å². The molecule has 240 valence electrons. The van der Waals surface area contributed by atoms with Gasteiger partial charge in [-0.1, -0.05) is 158 Å². The Bertz CT molecular complexity index is 2580. The quantitative estimate of drug-likeness (QED) is 0.179. The second kappa shape index (κ2) is 11.6. The smallest absolute Gasteiger partial charge is 0.0541 e. The fraction of sp³-hybridized carbons (Fsp3) is 0.0400. The zero-order valence-electron chi connectivity index (χ0n) is 28.3. The molecular weight excluding hydrogens is 615 g/mol. The Balaban J connectivity index is 1.21. The Kier molecular flexibility index (Phi) is 6.69. The number of benzene rings is 7. The molecule has 2 aliphatic carbocycles. The maximum atomic E-state index is 4.77. The molecule has 8 aromatic rings. The van der Waals surface area contributed by atoms with Gasteiger partial charge in [0.15, 0.2) is 0 Å². The van der Waals surface area contributed by atoms with Crippen LogP contribution < -0.4 is 0 Å². The van der Waals surface area contributed by atoms with Gasteiger partial charge in [-0.05, 0) is 104 Å². The molecule has 51 heavy (non-hydrogen) atoms. The summed E-state index contributed by atoms with van der Waals surface area (Å²) in [6, 6.07) is 62.1. The first kappa shape index (κ1) is 29.5. The second-order valence-corrected chi connectivity index (χ2v) is 13.8. The lowest BCUT2D eigenvalue weighted by atomic mass is 9.68. The van der Waals surface area contributed by atoms with Gasteiger partial charge in [0, 0.05) is 16.5 Å². The fourth-order valence-electron chi connectivity index (χ4n) is 8.80. The Morgan fingerprint density at radius 1 is 0.451 bits per heavy atom. The fourth-order valence-corrected chi connectivity index (χ4v) is 8.80. The SMILES string of the molecule is C=C1/C=C(n2c3ccc(-c4ccccc4)cc3c3cc(-c4ccccc4)ccc32)\C=C/CC2(c3ccccc31)c1ccccc1-c1ccccc12. The molecule has 10 rings (SSSR count). The molecule has 1 spiro atoms. The van der Waals surface area contributed by atoms with Crippen molar-refractivity contribution in [3.05, 3.63) is 217 Å². The number of rotatable bonds is 3. The summed E-state index contributed by atoms with van der Waals surface area (Å²) in [5.41, 5.74) is 16.8. The van der Waals surface area contributed by atoms with Gasteiger partial charge in [-0.25, -0.2) is 0 Å². The third kappa shape index (κ3) is 4.48. The van der Waals surface area contributed by atoms with E-state index in [9.17, 15) is 0 Å². The van der Waals surface area contributed by atoms with E-state index in [-0.39, 0.29) is 5.41 Å². The van der Waals surface area contributed by atoms with Gasteiger partial charge in [0.25, 0.3) is 0 Å². The summed E-state index contributed by atoms with van der Waals surface area (Å²) in [5.74, 6) is 0. The monoisotopic (exact) mass is 649 g/mol.